The Balaban J connectivity index is 3.53. The molecule has 0 amide bonds. The van der Waals surface area contributed by atoms with Gasteiger partial charge < -0.3 is 0 Å². The maximum Gasteiger partial charge on any atom is 0.0972 e. The fourth-order valence-corrected chi connectivity index (χ4v) is 0.836. The Morgan fingerprint density at radius 3 is 2.40 bits per heavy atom. The van der Waals surface area contributed by atoms with Crippen LogP contribution in [0, 0.1) is 11.3 Å². The first-order chi connectivity index (χ1) is 4.72. The van der Waals surface area contributed by atoms with Crippen molar-refractivity contribution in [3.8, 4) is 6.07 Å². The zero-order chi connectivity index (χ0) is 7.98. The zero-order valence-corrected chi connectivity index (χ0v) is 7.09. The molecule has 1 atom stereocenters. The minimum absolute atomic E-state index is 0.111. The number of unbranched alkanes of at least 4 members (excludes halogenated alkanes) is 1. The third-order valence-corrected chi connectivity index (χ3v) is 1.60. The molecule has 0 aromatic heterocycles. The third kappa shape index (κ3) is 3.47. The summed E-state index contributed by atoms with van der Waals surface area (Å²) in [6.45, 7) is 2.14. The average Bonchev–Trinajstić information content (AvgIpc) is 1.89. The number of nitrogens with zero attached hydrogens (tertiary/aromatic N) is 2. The van der Waals surface area contributed by atoms with Gasteiger partial charge in [-0.1, -0.05) is 19.8 Å². The average molecular weight is 140 g/mol. The van der Waals surface area contributed by atoms with Gasteiger partial charge in [0.1, 0.15) is 0 Å². The van der Waals surface area contributed by atoms with Crippen LogP contribution in [-0.4, -0.2) is 25.0 Å². The summed E-state index contributed by atoms with van der Waals surface area (Å²) in [5.74, 6) is 0. The highest BCUT2D eigenvalue weighted by Crippen LogP contribution is 2.03. The normalized spacial score (nSPS) is 13.1. The van der Waals surface area contributed by atoms with E-state index in [1.54, 1.807) is 0 Å². The highest BCUT2D eigenvalue weighted by atomic mass is 15.1. The van der Waals surface area contributed by atoms with Gasteiger partial charge in [-0.25, -0.2) is 0 Å². The molecular weight excluding hydrogens is 124 g/mol. The van der Waals surface area contributed by atoms with Crippen molar-refractivity contribution < 1.29 is 0 Å². The maximum absolute atomic E-state index is 8.63. The highest BCUT2D eigenvalue weighted by molar-refractivity contribution is 4.88. The summed E-state index contributed by atoms with van der Waals surface area (Å²) in [6.07, 6.45) is 3.32. The van der Waals surface area contributed by atoms with Crippen LogP contribution in [0.5, 0.6) is 0 Å². The van der Waals surface area contributed by atoms with Gasteiger partial charge >= 0.3 is 0 Å². The van der Waals surface area contributed by atoms with Crippen molar-refractivity contribution in [1.29, 1.82) is 5.26 Å². The summed E-state index contributed by atoms with van der Waals surface area (Å²) in [6, 6.07) is 2.37. The topological polar surface area (TPSA) is 27.0 Å². The molecule has 0 bridgehead atoms. The van der Waals surface area contributed by atoms with E-state index in [1.807, 2.05) is 19.0 Å². The van der Waals surface area contributed by atoms with Crippen molar-refractivity contribution in [2.24, 2.45) is 0 Å². The van der Waals surface area contributed by atoms with Crippen LogP contribution in [0.25, 0.3) is 0 Å². The van der Waals surface area contributed by atoms with E-state index in [0.717, 1.165) is 12.8 Å². The first-order valence-electron chi connectivity index (χ1n) is 3.78. The molecule has 0 aromatic carbocycles. The van der Waals surface area contributed by atoms with E-state index in [1.165, 1.54) is 6.42 Å². The first kappa shape index (κ1) is 9.45. The summed E-state index contributed by atoms with van der Waals surface area (Å²) in [5, 5.41) is 8.63. The van der Waals surface area contributed by atoms with Gasteiger partial charge in [-0.3, -0.25) is 4.90 Å². The van der Waals surface area contributed by atoms with Crippen molar-refractivity contribution >= 4 is 0 Å². The van der Waals surface area contributed by atoms with E-state index >= 15 is 0 Å². The fraction of sp³-hybridized carbons (Fsp3) is 0.875. The summed E-state index contributed by atoms with van der Waals surface area (Å²) in [5.41, 5.74) is 0. The summed E-state index contributed by atoms with van der Waals surface area (Å²) >= 11 is 0. The second-order valence-electron chi connectivity index (χ2n) is 2.75. The lowest BCUT2D eigenvalue weighted by molar-refractivity contribution is 0.329. The number of rotatable bonds is 4. The molecule has 0 unspecified atom stereocenters. The van der Waals surface area contributed by atoms with E-state index in [9.17, 15) is 0 Å². The second kappa shape index (κ2) is 5.25. The fourth-order valence-electron chi connectivity index (χ4n) is 0.836. The van der Waals surface area contributed by atoms with Crippen molar-refractivity contribution in [2.45, 2.75) is 32.2 Å². The minimum atomic E-state index is 0.111. The molecule has 0 aromatic rings. The Kier molecular flexibility index (Phi) is 4.96. The molecule has 0 fully saturated rings. The number of nitriles is 1. The van der Waals surface area contributed by atoms with Gasteiger partial charge in [-0.2, -0.15) is 5.26 Å². The number of hydrogen-bond donors (Lipinski definition) is 0. The van der Waals surface area contributed by atoms with Crippen molar-refractivity contribution in [1.82, 2.24) is 4.90 Å². The Labute approximate surface area is 63.4 Å². The maximum atomic E-state index is 8.63. The van der Waals surface area contributed by atoms with Crippen molar-refractivity contribution in [3.63, 3.8) is 0 Å². The Hall–Kier alpha value is -0.550. The predicted molar refractivity (Wildman–Crippen MR) is 42.6 cm³/mol. The standard InChI is InChI=1S/C8H16N2/c1-4-5-6-8(7-9)10(2)3/h8H,4-6H2,1-3H3/t8-/m0/s1. The lowest BCUT2D eigenvalue weighted by Gasteiger charge is -2.15. The molecule has 2 heteroatoms. The van der Waals surface area contributed by atoms with E-state index in [2.05, 4.69) is 13.0 Å². The van der Waals surface area contributed by atoms with E-state index in [4.69, 9.17) is 5.26 Å². The van der Waals surface area contributed by atoms with Crippen LogP contribution in [0.3, 0.4) is 0 Å². The molecule has 58 valence electrons. The Morgan fingerprint density at radius 1 is 1.50 bits per heavy atom. The van der Waals surface area contributed by atoms with Gasteiger partial charge in [-0.05, 0) is 20.5 Å². The summed E-state index contributed by atoms with van der Waals surface area (Å²) < 4.78 is 0. The molecule has 0 saturated carbocycles. The van der Waals surface area contributed by atoms with Crippen LogP contribution in [0.4, 0.5) is 0 Å². The first-order valence-corrected chi connectivity index (χ1v) is 3.78. The number of hydrogen-bond acceptors (Lipinski definition) is 2. The van der Waals surface area contributed by atoms with Crippen molar-refractivity contribution in [2.75, 3.05) is 14.1 Å². The molecule has 0 aliphatic rings. The lowest BCUT2D eigenvalue weighted by Crippen LogP contribution is -2.25. The highest BCUT2D eigenvalue weighted by Gasteiger charge is 2.07. The molecule has 0 heterocycles. The van der Waals surface area contributed by atoms with Crippen LogP contribution in [0.15, 0.2) is 0 Å². The van der Waals surface area contributed by atoms with Crippen molar-refractivity contribution in [3.05, 3.63) is 0 Å². The van der Waals surface area contributed by atoms with Gasteiger partial charge in [0, 0.05) is 0 Å². The van der Waals surface area contributed by atoms with E-state index in [0.29, 0.717) is 0 Å². The molecule has 0 saturated heterocycles. The van der Waals surface area contributed by atoms with Crippen LogP contribution >= 0.6 is 0 Å². The zero-order valence-electron chi connectivity index (χ0n) is 7.09. The molecule has 0 radical (unpaired) electrons. The smallest absolute Gasteiger partial charge is 0.0972 e. The van der Waals surface area contributed by atoms with Crippen LogP contribution < -0.4 is 0 Å². The molecule has 0 spiro atoms. The van der Waals surface area contributed by atoms with Gasteiger partial charge in [0.25, 0.3) is 0 Å². The SMILES string of the molecule is CCCC[C@@H](C#N)N(C)C. The molecular formula is C8H16N2. The van der Waals surface area contributed by atoms with E-state index in [-0.39, 0.29) is 6.04 Å². The monoisotopic (exact) mass is 140 g/mol. The molecule has 0 rings (SSSR count). The Bertz CT molecular complexity index is 113. The minimum Gasteiger partial charge on any atom is -0.294 e. The third-order valence-electron chi connectivity index (χ3n) is 1.60. The largest absolute Gasteiger partial charge is 0.294 e. The molecule has 10 heavy (non-hydrogen) atoms. The molecule has 0 aliphatic heterocycles. The molecule has 2 nitrogen and oxygen atoms in total. The predicted octanol–water partition coefficient (Wildman–Crippen LogP) is 1.63. The quantitative estimate of drug-likeness (QED) is 0.593. The van der Waals surface area contributed by atoms with Gasteiger partial charge in [-0.15, -0.1) is 0 Å². The summed E-state index contributed by atoms with van der Waals surface area (Å²) in [7, 11) is 3.90. The van der Waals surface area contributed by atoms with Gasteiger partial charge in [0.2, 0.25) is 0 Å². The molecule has 0 aliphatic carbocycles. The van der Waals surface area contributed by atoms with E-state index < -0.39 is 0 Å². The van der Waals surface area contributed by atoms with Gasteiger partial charge in [0.15, 0.2) is 0 Å². The second-order valence-corrected chi connectivity index (χ2v) is 2.75. The summed E-state index contributed by atoms with van der Waals surface area (Å²) in [4.78, 5) is 1.97. The van der Waals surface area contributed by atoms with Crippen LogP contribution in [-0.2, 0) is 0 Å². The lowest BCUT2D eigenvalue weighted by atomic mass is 10.1. The van der Waals surface area contributed by atoms with Crippen LogP contribution in [0.1, 0.15) is 26.2 Å². The van der Waals surface area contributed by atoms with Crippen LogP contribution in [0.2, 0.25) is 0 Å². The van der Waals surface area contributed by atoms with Gasteiger partial charge in [0.05, 0.1) is 12.1 Å². The Morgan fingerprint density at radius 2 is 2.10 bits per heavy atom. The molecule has 0 N–H and O–H groups in total.